The van der Waals surface area contributed by atoms with Gasteiger partial charge < -0.3 is 20.5 Å². The summed E-state index contributed by atoms with van der Waals surface area (Å²) in [7, 11) is 0. The number of urea groups is 1. The van der Waals surface area contributed by atoms with E-state index < -0.39 is 6.10 Å². The van der Waals surface area contributed by atoms with E-state index >= 15 is 0 Å². The third kappa shape index (κ3) is 3.98. The van der Waals surface area contributed by atoms with Gasteiger partial charge in [-0.15, -0.1) is 0 Å². The van der Waals surface area contributed by atoms with Gasteiger partial charge in [0.05, 0.1) is 18.8 Å². The Hall–Kier alpha value is -1.59. The van der Waals surface area contributed by atoms with Crippen LogP contribution in [0.3, 0.4) is 0 Å². The fourth-order valence-corrected chi connectivity index (χ4v) is 4.25. The molecular formula is C20H28N2O3. The molecule has 1 aromatic carbocycles. The molecule has 3 aliphatic carbocycles. The molecule has 25 heavy (non-hydrogen) atoms. The van der Waals surface area contributed by atoms with Gasteiger partial charge in [-0.05, 0) is 67.1 Å². The number of aliphatic hydroxyl groups excluding tert-OH is 1. The lowest BCUT2D eigenvalue weighted by Gasteiger charge is -2.20. The van der Waals surface area contributed by atoms with E-state index in [2.05, 4.69) is 28.8 Å². The van der Waals surface area contributed by atoms with Gasteiger partial charge in [0, 0.05) is 13.2 Å². The molecule has 3 aliphatic rings. The summed E-state index contributed by atoms with van der Waals surface area (Å²) in [6.45, 7) is 1.24. The Labute approximate surface area is 149 Å². The zero-order valence-corrected chi connectivity index (χ0v) is 14.7. The van der Waals surface area contributed by atoms with Crippen LogP contribution in [0.2, 0.25) is 0 Å². The quantitative estimate of drug-likeness (QED) is 0.712. The van der Waals surface area contributed by atoms with Gasteiger partial charge in [0.25, 0.3) is 0 Å². The maximum absolute atomic E-state index is 12.2. The number of aryl methyl sites for hydroxylation is 1. The number of aliphatic hydroxyl groups is 1. The summed E-state index contributed by atoms with van der Waals surface area (Å²) in [6, 6.07) is 6.36. The van der Waals surface area contributed by atoms with Gasteiger partial charge in [0.2, 0.25) is 0 Å². The fourth-order valence-electron chi connectivity index (χ4n) is 4.25. The summed E-state index contributed by atoms with van der Waals surface area (Å²) in [5.41, 5.74) is 4.22. The summed E-state index contributed by atoms with van der Waals surface area (Å²) in [5, 5.41) is 15.8. The molecule has 0 spiro atoms. The van der Waals surface area contributed by atoms with E-state index in [9.17, 15) is 9.90 Å². The average molecular weight is 344 g/mol. The van der Waals surface area contributed by atoms with Gasteiger partial charge in [0.15, 0.2) is 0 Å². The van der Waals surface area contributed by atoms with Crippen LogP contribution in [-0.2, 0) is 11.2 Å². The number of carbonyl (C=O) groups excluding carboxylic acids is 1. The molecule has 1 saturated carbocycles. The Bertz CT molecular complexity index is 629. The summed E-state index contributed by atoms with van der Waals surface area (Å²) >= 11 is 0. The second-order valence-electron chi connectivity index (χ2n) is 7.79. The Morgan fingerprint density at radius 2 is 2.20 bits per heavy atom. The van der Waals surface area contributed by atoms with Crippen LogP contribution in [0.25, 0.3) is 0 Å². The Morgan fingerprint density at radius 1 is 1.32 bits per heavy atom. The number of hydrogen-bond acceptors (Lipinski definition) is 3. The van der Waals surface area contributed by atoms with E-state index in [1.807, 2.05) is 0 Å². The first kappa shape index (κ1) is 16.9. The van der Waals surface area contributed by atoms with E-state index in [-0.39, 0.29) is 25.2 Å². The van der Waals surface area contributed by atoms with Crippen molar-refractivity contribution in [3.8, 4) is 0 Å². The van der Waals surface area contributed by atoms with Crippen LogP contribution in [0.5, 0.6) is 0 Å². The molecule has 0 radical (unpaired) electrons. The first-order valence-corrected chi connectivity index (χ1v) is 9.62. The van der Waals surface area contributed by atoms with E-state index in [0.29, 0.717) is 11.8 Å². The summed E-state index contributed by atoms with van der Waals surface area (Å²) < 4.78 is 5.46. The minimum atomic E-state index is -0.651. The van der Waals surface area contributed by atoms with Crippen LogP contribution >= 0.6 is 0 Å². The molecule has 0 bridgehead atoms. The van der Waals surface area contributed by atoms with Crippen LogP contribution < -0.4 is 10.6 Å². The lowest BCUT2D eigenvalue weighted by molar-refractivity contribution is 0.0337. The molecule has 2 amide bonds. The van der Waals surface area contributed by atoms with Gasteiger partial charge in [-0.2, -0.15) is 0 Å². The lowest BCUT2D eigenvalue weighted by atomic mass is 9.84. The van der Waals surface area contributed by atoms with Crippen molar-refractivity contribution in [1.82, 2.24) is 10.6 Å². The van der Waals surface area contributed by atoms with Gasteiger partial charge >= 0.3 is 6.03 Å². The van der Waals surface area contributed by atoms with Crippen molar-refractivity contribution in [3.05, 3.63) is 34.9 Å². The number of carbonyl (C=O) groups is 1. The van der Waals surface area contributed by atoms with Crippen LogP contribution in [-0.4, -0.2) is 37.0 Å². The van der Waals surface area contributed by atoms with Gasteiger partial charge in [-0.1, -0.05) is 18.2 Å². The highest BCUT2D eigenvalue weighted by molar-refractivity contribution is 5.74. The molecule has 4 rings (SSSR count). The first-order valence-electron chi connectivity index (χ1n) is 9.62. The molecule has 5 nitrogen and oxygen atoms in total. The number of hydrogen-bond donors (Lipinski definition) is 3. The third-order valence-electron chi connectivity index (χ3n) is 5.70. The van der Waals surface area contributed by atoms with Crippen molar-refractivity contribution in [1.29, 1.82) is 0 Å². The SMILES string of the molecule is O=C(NCC(O)COCC1CC1)NC1CC2CCCc3cccc1c32. The van der Waals surface area contributed by atoms with Crippen LogP contribution in [0.4, 0.5) is 4.79 Å². The summed E-state index contributed by atoms with van der Waals surface area (Å²) in [6.07, 6.45) is 6.44. The molecule has 5 heteroatoms. The van der Waals surface area contributed by atoms with Crippen LogP contribution in [0.1, 0.15) is 60.8 Å². The highest BCUT2D eigenvalue weighted by Crippen LogP contribution is 2.47. The van der Waals surface area contributed by atoms with E-state index in [4.69, 9.17) is 4.74 Å². The van der Waals surface area contributed by atoms with Gasteiger partial charge in [0.1, 0.15) is 0 Å². The van der Waals surface area contributed by atoms with Crippen molar-refractivity contribution in [2.75, 3.05) is 19.8 Å². The highest BCUT2D eigenvalue weighted by atomic mass is 16.5. The Morgan fingerprint density at radius 3 is 3.04 bits per heavy atom. The Kier molecular flexibility index (Phi) is 4.95. The molecule has 1 aromatic rings. The minimum absolute atomic E-state index is 0.0845. The zero-order valence-electron chi connectivity index (χ0n) is 14.7. The monoisotopic (exact) mass is 344 g/mol. The van der Waals surface area contributed by atoms with Gasteiger partial charge in [-0.25, -0.2) is 4.79 Å². The zero-order chi connectivity index (χ0) is 17.2. The van der Waals surface area contributed by atoms with E-state index in [1.54, 1.807) is 0 Å². The molecule has 3 unspecified atom stereocenters. The van der Waals surface area contributed by atoms with Gasteiger partial charge in [-0.3, -0.25) is 0 Å². The van der Waals surface area contributed by atoms with Crippen molar-refractivity contribution < 1.29 is 14.6 Å². The van der Waals surface area contributed by atoms with E-state index in [1.165, 1.54) is 42.4 Å². The topological polar surface area (TPSA) is 70.6 Å². The molecule has 0 aliphatic heterocycles. The van der Waals surface area contributed by atoms with Crippen LogP contribution in [0, 0.1) is 5.92 Å². The molecule has 136 valence electrons. The van der Waals surface area contributed by atoms with Crippen molar-refractivity contribution in [2.45, 2.75) is 56.6 Å². The molecule has 3 atom stereocenters. The number of nitrogens with one attached hydrogen (secondary N) is 2. The fraction of sp³-hybridized carbons (Fsp3) is 0.650. The molecule has 0 saturated heterocycles. The maximum atomic E-state index is 12.2. The first-order chi connectivity index (χ1) is 12.2. The average Bonchev–Trinajstić information content (AvgIpc) is 3.37. The second kappa shape index (κ2) is 7.34. The van der Waals surface area contributed by atoms with Crippen molar-refractivity contribution in [3.63, 3.8) is 0 Å². The summed E-state index contributed by atoms with van der Waals surface area (Å²) in [5.74, 6) is 1.28. The highest BCUT2D eigenvalue weighted by Gasteiger charge is 2.35. The largest absolute Gasteiger partial charge is 0.389 e. The molecule has 1 fully saturated rings. The number of rotatable bonds is 7. The molecule has 3 N–H and O–H groups in total. The van der Waals surface area contributed by atoms with Crippen molar-refractivity contribution >= 4 is 6.03 Å². The standard InChI is InChI=1S/C20H28N2O3/c23-16(12-25-11-13-7-8-13)10-21-20(24)22-18-9-15-5-1-3-14-4-2-6-17(18)19(14)15/h2,4,6,13,15-16,18,23H,1,3,5,7-12H2,(H2,21,22,24). The molecule has 0 heterocycles. The number of ether oxygens (including phenoxy) is 1. The van der Waals surface area contributed by atoms with E-state index in [0.717, 1.165) is 19.4 Å². The predicted molar refractivity (Wildman–Crippen MR) is 95.6 cm³/mol. The number of amides is 2. The Balaban J connectivity index is 1.25. The maximum Gasteiger partial charge on any atom is 0.315 e. The molecular weight excluding hydrogens is 316 g/mol. The lowest BCUT2D eigenvalue weighted by Crippen LogP contribution is -2.42. The second-order valence-corrected chi connectivity index (χ2v) is 7.79. The molecule has 0 aromatic heterocycles. The van der Waals surface area contributed by atoms with Crippen LogP contribution in [0.15, 0.2) is 18.2 Å². The number of benzene rings is 1. The smallest absolute Gasteiger partial charge is 0.315 e. The van der Waals surface area contributed by atoms with Crippen molar-refractivity contribution in [2.24, 2.45) is 5.92 Å². The predicted octanol–water partition coefficient (Wildman–Crippen LogP) is 2.64. The third-order valence-corrected chi connectivity index (χ3v) is 5.70. The normalized spacial score (nSPS) is 25.3. The minimum Gasteiger partial charge on any atom is -0.389 e. The summed E-state index contributed by atoms with van der Waals surface area (Å²) in [4.78, 5) is 12.2.